The summed E-state index contributed by atoms with van der Waals surface area (Å²) >= 11 is 0. The van der Waals surface area contributed by atoms with Crippen LogP contribution in [0.3, 0.4) is 0 Å². The minimum absolute atomic E-state index is 0.0805. The lowest BCUT2D eigenvalue weighted by atomic mass is 9.87. The zero-order chi connectivity index (χ0) is 14.1. The molecule has 6 nitrogen and oxygen atoms in total. The first-order valence-electron chi connectivity index (χ1n) is 7.23. The predicted octanol–water partition coefficient (Wildman–Crippen LogP) is 1.12. The summed E-state index contributed by atoms with van der Waals surface area (Å²) in [5.41, 5.74) is 0.353. The van der Waals surface area contributed by atoms with Crippen LogP contribution in [0, 0.1) is 0 Å². The lowest BCUT2D eigenvalue weighted by molar-refractivity contribution is -0.127. The number of amides is 2. The molecule has 0 radical (unpaired) electrons. The molecule has 6 heteroatoms. The summed E-state index contributed by atoms with van der Waals surface area (Å²) in [6.07, 6.45) is 6.01. The van der Waals surface area contributed by atoms with Crippen molar-refractivity contribution in [3.63, 3.8) is 0 Å². The number of oxazole rings is 1. The number of rotatable bonds is 2. The van der Waals surface area contributed by atoms with Crippen molar-refractivity contribution < 1.29 is 14.0 Å². The van der Waals surface area contributed by atoms with Gasteiger partial charge in [0, 0.05) is 12.5 Å². The van der Waals surface area contributed by atoms with Gasteiger partial charge in [-0.2, -0.15) is 0 Å². The van der Waals surface area contributed by atoms with Gasteiger partial charge in [0.15, 0.2) is 12.1 Å². The van der Waals surface area contributed by atoms with E-state index in [4.69, 9.17) is 4.42 Å². The Labute approximate surface area is 117 Å². The lowest BCUT2D eigenvalue weighted by Gasteiger charge is -2.43. The Bertz CT molecular complexity index is 525. The summed E-state index contributed by atoms with van der Waals surface area (Å²) in [6.45, 7) is 2.04. The van der Waals surface area contributed by atoms with Crippen molar-refractivity contribution in [3.05, 3.63) is 17.8 Å². The topological polar surface area (TPSA) is 75.4 Å². The first kappa shape index (κ1) is 13.1. The largest absolute Gasteiger partial charge is 0.448 e. The number of carbonyl (C=O) groups excluding carboxylic acids is 2. The molecular formula is C14H19N3O3. The quantitative estimate of drug-likeness (QED) is 0.879. The maximum absolute atomic E-state index is 12.7. The third-order valence-electron chi connectivity index (χ3n) is 4.22. The highest BCUT2D eigenvalue weighted by Crippen LogP contribution is 2.27. The maximum atomic E-state index is 12.7. The molecule has 2 aliphatic rings. The third-order valence-corrected chi connectivity index (χ3v) is 4.22. The number of fused-ring (bicyclic) bond motifs is 1. The fourth-order valence-electron chi connectivity index (χ4n) is 3.23. The van der Waals surface area contributed by atoms with Crippen molar-refractivity contribution in [2.75, 3.05) is 6.54 Å². The van der Waals surface area contributed by atoms with Crippen LogP contribution in [-0.4, -0.2) is 40.3 Å². The van der Waals surface area contributed by atoms with Gasteiger partial charge in [0.05, 0.1) is 6.04 Å². The summed E-state index contributed by atoms with van der Waals surface area (Å²) in [4.78, 5) is 30.2. The highest BCUT2D eigenvalue weighted by atomic mass is 16.3. The van der Waals surface area contributed by atoms with Crippen molar-refractivity contribution in [1.29, 1.82) is 0 Å². The first-order valence-corrected chi connectivity index (χ1v) is 7.23. The van der Waals surface area contributed by atoms with E-state index in [1.807, 2.05) is 6.92 Å². The van der Waals surface area contributed by atoms with Gasteiger partial charge in [-0.05, 0) is 12.8 Å². The van der Waals surface area contributed by atoms with Crippen LogP contribution < -0.4 is 5.32 Å². The lowest BCUT2D eigenvalue weighted by Crippen LogP contribution is -2.63. The molecule has 1 aromatic heterocycles. The second kappa shape index (κ2) is 5.26. The number of nitrogens with one attached hydrogen (secondary N) is 1. The van der Waals surface area contributed by atoms with Crippen molar-refractivity contribution >= 4 is 11.8 Å². The van der Waals surface area contributed by atoms with Crippen molar-refractivity contribution in [1.82, 2.24) is 15.2 Å². The van der Waals surface area contributed by atoms with E-state index in [2.05, 4.69) is 10.3 Å². The van der Waals surface area contributed by atoms with E-state index >= 15 is 0 Å². The molecule has 1 aromatic rings. The second-order valence-electron chi connectivity index (χ2n) is 5.44. The monoisotopic (exact) mass is 277 g/mol. The number of aromatic nitrogens is 1. The average molecular weight is 277 g/mol. The molecule has 1 N–H and O–H groups in total. The molecule has 2 fully saturated rings. The fraction of sp³-hybridized carbons (Fsp3) is 0.643. The van der Waals surface area contributed by atoms with Gasteiger partial charge in [0.1, 0.15) is 12.3 Å². The van der Waals surface area contributed by atoms with Crippen molar-refractivity contribution in [2.24, 2.45) is 0 Å². The molecule has 0 unspecified atom stereocenters. The summed E-state index contributed by atoms with van der Waals surface area (Å²) in [5, 5.41) is 3.00. The van der Waals surface area contributed by atoms with Crippen molar-refractivity contribution in [3.8, 4) is 0 Å². The zero-order valence-corrected chi connectivity index (χ0v) is 11.6. The van der Waals surface area contributed by atoms with Crippen LogP contribution in [0.1, 0.15) is 48.9 Å². The van der Waals surface area contributed by atoms with Crippen LogP contribution in [0.4, 0.5) is 0 Å². The summed E-state index contributed by atoms with van der Waals surface area (Å²) in [5.74, 6) is 0.332. The number of piperazine rings is 1. The van der Waals surface area contributed by atoms with E-state index in [1.165, 1.54) is 6.39 Å². The zero-order valence-electron chi connectivity index (χ0n) is 11.6. The molecular weight excluding hydrogens is 258 g/mol. The average Bonchev–Trinajstić information content (AvgIpc) is 2.94. The predicted molar refractivity (Wildman–Crippen MR) is 71.1 cm³/mol. The number of aryl methyl sites for hydroxylation is 1. The molecule has 0 spiro atoms. The second-order valence-corrected chi connectivity index (χ2v) is 5.44. The van der Waals surface area contributed by atoms with Gasteiger partial charge in [-0.15, -0.1) is 0 Å². The van der Waals surface area contributed by atoms with Gasteiger partial charge in [0.2, 0.25) is 5.91 Å². The summed E-state index contributed by atoms with van der Waals surface area (Å²) in [7, 11) is 0. The van der Waals surface area contributed by atoms with Crippen LogP contribution in [0.25, 0.3) is 0 Å². The molecule has 3 rings (SSSR count). The van der Waals surface area contributed by atoms with Crippen LogP contribution in [0.15, 0.2) is 10.8 Å². The highest BCUT2D eigenvalue weighted by Gasteiger charge is 2.40. The molecule has 0 aromatic carbocycles. The van der Waals surface area contributed by atoms with Crippen LogP contribution in [0.2, 0.25) is 0 Å². The van der Waals surface area contributed by atoms with Gasteiger partial charge in [-0.3, -0.25) is 9.59 Å². The van der Waals surface area contributed by atoms with Crippen LogP contribution in [0.5, 0.6) is 0 Å². The maximum Gasteiger partial charge on any atom is 0.276 e. The van der Waals surface area contributed by atoms with E-state index in [9.17, 15) is 9.59 Å². The summed E-state index contributed by atoms with van der Waals surface area (Å²) in [6, 6.07) is 0.182. The van der Waals surface area contributed by atoms with Gasteiger partial charge in [-0.1, -0.05) is 19.8 Å². The Morgan fingerprint density at radius 2 is 2.30 bits per heavy atom. The van der Waals surface area contributed by atoms with E-state index < -0.39 is 0 Å². The SMILES string of the molecule is CCc1ocnc1C(=O)N1CC(=O)N[C@H]2CCCC[C@@H]21. The third kappa shape index (κ3) is 2.19. The Morgan fingerprint density at radius 1 is 1.50 bits per heavy atom. The van der Waals surface area contributed by atoms with Gasteiger partial charge in [-0.25, -0.2) is 4.98 Å². The van der Waals surface area contributed by atoms with E-state index in [1.54, 1.807) is 4.90 Å². The van der Waals surface area contributed by atoms with Gasteiger partial charge >= 0.3 is 0 Å². The van der Waals surface area contributed by atoms with Crippen LogP contribution >= 0.6 is 0 Å². The summed E-state index contributed by atoms with van der Waals surface area (Å²) < 4.78 is 5.23. The fourth-order valence-corrected chi connectivity index (χ4v) is 3.23. The van der Waals surface area contributed by atoms with Gasteiger partial charge < -0.3 is 14.6 Å². The number of carbonyl (C=O) groups is 2. The molecule has 2 amide bonds. The Balaban J connectivity index is 1.87. The minimum atomic E-state index is -0.178. The molecule has 1 aliphatic carbocycles. The highest BCUT2D eigenvalue weighted by molar-refractivity contribution is 5.96. The molecule has 2 atom stereocenters. The van der Waals surface area contributed by atoms with Crippen molar-refractivity contribution in [2.45, 2.75) is 51.1 Å². The molecule has 108 valence electrons. The Kier molecular flexibility index (Phi) is 3.46. The van der Waals surface area contributed by atoms with E-state index in [0.29, 0.717) is 17.9 Å². The molecule has 1 aliphatic heterocycles. The normalized spacial score (nSPS) is 26.1. The Hall–Kier alpha value is -1.85. The molecule has 1 saturated heterocycles. The van der Waals surface area contributed by atoms with E-state index in [0.717, 1.165) is 25.7 Å². The van der Waals surface area contributed by atoms with Crippen LogP contribution in [-0.2, 0) is 11.2 Å². The first-order chi connectivity index (χ1) is 9.70. The molecule has 2 heterocycles. The molecule has 1 saturated carbocycles. The van der Waals surface area contributed by atoms with E-state index in [-0.39, 0.29) is 30.4 Å². The molecule has 0 bridgehead atoms. The Morgan fingerprint density at radius 3 is 3.10 bits per heavy atom. The number of hydrogen-bond donors (Lipinski definition) is 1. The van der Waals surface area contributed by atoms with Gasteiger partial charge in [0.25, 0.3) is 5.91 Å². The molecule has 20 heavy (non-hydrogen) atoms. The standard InChI is InChI=1S/C14H19N3O3/c1-2-11-13(15-8-20-11)14(19)17-7-12(18)16-9-5-3-4-6-10(9)17/h8-10H,2-7H2,1H3,(H,16,18)/t9-,10-/m0/s1. The minimum Gasteiger partial charge on any atom is -0.448 e. The number of hydrogen-bond acceptors (Lipinski definition) is 4. The number of nitrogens with zero attached hydrogens (tertiary/aromatic N) is 2. The smallest absolute Gasteiger partial charge is 0.276 e.